The third-order valence-corrected chi connectivity index (χ3v) is 5.82. The van der Waals surface area contributed by atoms with Gasteiger partial charge in [0.2, 0.25) is 10.0 Å². The number of benzene rings is 1. The number of sulfonamides is 1. The molecule has 0 aliphatic carbocycles. The Hall–Kier alpha value is -1.16. The van der Waals surface area contributed by atoms with Crippen molar-refractivity contribution in [3.8, 4) is 5.75 Å². The summed E-state index contributed by atoms with van der Waals surface area (Å²) in [4.78, 5) is 0.101. The topological polar surface area (TPSA) is 116 Å². The van der Waals surface area contributed by atoms with E-state index in [-0.39, 0.29) is 36.1 Å². The molecule has 0 unspecified atom stereocenters. The van der Waals surface area contributed by atoms with Gasteiger partial charge in [-0.1, -0.05) is 6.92 Å². The van der Waals surface area contributed by atoms with Crippen LogP contribution < -0.4 is 15.2 Å². The highest BCUT2D eigenvalue weighted by Gasteiger charge is 2.13. The number of hydrogen-bond donors (Lipinski definition) is 2. The van der Waals surface area contributed by atoms with Gasteiger partial charge in [-0.15, -0.1) is 0 Å². The Morgan fingerprint density at radius 2 is 1.76 bits per heavy atom. The Labute approximate surface area is 125 Å². The van der Waals surface area contributed by atoms with Crippen molar-refractivity contribution in [1.29, 1.82) is 0 Å². The summed E-state index contributed by atoms with van der Waals surface area (Å²) in [5.74, 6) is 0.418. The molecule has 0 amide bonds. The molecular weight excluding hydrogens is 316 g/mol. The predicted molar refractivity (Wildman–Crippen MR) is 80.5 cm³/mol. The van der Waals surface area contributed by atoms with Crippen LogP contribution in [0.3, 0.4) is 0 Å². The van der Waals surface area contributed by atoms with E-state index in [0.717, 1.165) is 0 Å². The molecule has 1 rings (SSSR count). The zero-order valence-electron chi connectivity index (χ0n) is 11.8. The van der Waals surface area contributed by atoms with Crippen molar-refractivity contribution in [3.63, 3.8) is 0 Å². The Bertz CT molecular complexity index is 639. The van der Waals surface area contributed by atoms with Crippen LogP contribution in [0, 0.1) is 0 Å². The molecule has 0 saturated carbocycles. The zero-order valence-corrected chi connectivity index (χ0v) is 13.4. The summed E-state index contributed by atoms with van der Waals surface area (Å²) in [6.07, 6.45) is 0. The van der Waals surface area contributed by atoms with Crippen LogP contribution in [0.25, 0.3) is 0 Å². The summed E-state index contributed by atoms with van der Waals surface area (Å²) in [6.45, 7) is 1.98. The molecule has 9 heteroatoms. The Morgan fingerprint density at radius 3 is 2.29 bits per heavy atom. The molecule has 0 fully saturated rings. The van der Waals surface area contributed by atoms with Gasteiger partial charge in [0.1, 0.15) is 12.4 Å². The van der Waals surface area contributed by atoms with Crippen LogP contribution in [-0.4, -0.2) is 48.0 Å². The smallest absolute Gasteiger partial charge is 0.240 e. The van der Waals surface area contributed by atoms with Crippen molar-refractivity contribution in [2.75, 3.05) is 31.2 Å². The standard InChI is InChI=1S/C12H20N2O5S2/c1-2-20(15,16)10-9-19-11-3-5-12(6-4-11)21(17,18)14-8-7-13/h3-6,14H,2,7-10,13H2,1H3. The summed E-state index contributed by atoms with van der Waals surface area (Å²) in [7, 11) is -6.64. The highest BCUT2D eigenvalue weighted by molar-refractivity contribution is 7.91. The average molecular weight is 336 g/mol. The molecule has 0 atom stereocenters. The van der Waals surface area contributed by atoms with Crippen molar-refractivity contribution in [2.24, 2.45) is 5.73 Å². The molecule has 0 bridgehead atoms. The van der Waals surface area contributed by atoms with Crippen molar-refractivity contribution in [2.45, 2.75) is 11.8 Å². The van der Waals surface area contributed by atoms with Crippen molar-refractivity contribution < 1.29 is 21.6 Å². The average Bonchev–Trinajstić information content (AvgIpc) is 2.45. The number of hydrogen-bond acceptors (Lipinski definition) is 6. The lowest BCUT2D eigenvalue weighted by Gasteiger charge is -2.08. The largest absolute Gasteiger partial charge is 0.493 e. The van der Waals surface area contributed by atoms with E-state index in [1.807, 2.05) is 0 Å². The summed E-state index contributed by atoms with van der Waals surface area (Å²) in [5.41, 5.74) is 5.24. The van der Waals surface area contributed by atoms with Gasteiger partial charge in [0.25, 0.3) is 0 Å². The summed E-state index contributed by atoms with van der Waals surface area (Å²) < 4.78 is 53.8. The first-order valence-corrected chi connectivity index (χ1v) is 9.74. The van der Waals surface area contributed by atoms with Gasteiger partial charge in [0.15, 0.2) is 9.84 Å². The molecule has 3 N–H and O–H groups in total. The number of sulfone groups is 1. The van der Waals surface area contributed by atoms with Crippen LogP contribution in [-0.2, 0) is 19.9 Å². The third-order valence-electron chi connectivity index (χ3n) is 2.67. The van der Waals surface area contributed by atoms with Gasteiger partial charge in [-0.2, -0.15) is 0 Å². The molecule has 0 aliphatic rings. The molecular formula is C12H20N2O5S2. The molecule has 1 aromatic rings. The third kappa shape index (κ3) is 6.00. The molecule has 0 aliphatic heterocycles. The van der Waals surface area contributed by atoms with Crippen LogP contribution in [0.1, 0.15) is 6.92 Å². The van der Waals surface area contributed by atoms with Gasteiger partial charge < -0.3 is 10.5 Å². The van der Waals surface area contributed by atoms with E-state index in [9.17, 15) is 16.8 Å². The molecule has 0 saturated heterocycles. The molecule has 1 aromatic carbocycles. The van der Waals surface area contributed by atoms with Crippen LogP contribution in [0.15, 0.2) is 29.2 Å². The quantitative estimate of drug-likeness (QED) is 0.642. The minimum Gasteiger partial charge on any atom is -0.493 e. The second-order valence-electron chi connectivity index (χ2n) is 4.24. The number of rotatable bonds is 9. The number of ether oxygens (including phenoxy) is 1. The van der Waals surface area contributed by atoms with E-state index in [4.69, 9.17) is 10.5 Å². The number of nitrogens with one attached hydrogen (secondary N) is 1. The fraction of sp³-hybridized carbons (Fsp3) is 0.500. The van der Waals surface area contributed by atoms with E-state index >= 15 is 0 Å². The van der Waals surface area contributed by atoms with Crippen LogP contribution in [0.2, 0.25) is 0 Å². The minimum absolute atomic E-state index is 0.0354. The van der Waals surface area contributed by atoms with E-state index in [1.54, 1.807) is 6.92 Å². The van der Waals surface area contributed by atoms with Crippen LogP contribution >= 0.6 is 0 Å². The Balaban J connectivity index is 2.62. The van der Waals surface area contributed by atoms with E-state index in [1.165, 1.54) is 24.3 Å². The molecule has 21 heavy (non-hydrogen) atoms. The Kier molecular flexibility index (Phi) is 6.59. The van der Waals surface area contributed by atoms with Gasteiger partial charge in [-0.3, -0.25) is 0 Å². The van der Waals surface area contributed by atoms with Gasteiger partial charge >= 0.3 is 0 Å². The first-order valence-electron chi connectivity index (χ1n) is 6.44. The van der Waals surface area contributed by atoms with E-state index in [2.05, 4.69) is 4.72 Å². The lowest BCUT2D eigenvalue weighted by molar-refractivity contribution is 0.340. The summed E-state index contributed by atoms with van der Waals surface area (Å²) in [6, 6.07) is 5.75. The maximum atomic E-state index is 11.8. The molecule has 7 nitrogen and oxygen atoms in total. The lowest BCUT2D eigenvalue weighted by atomic mass is 10.3. The fourth-order valence-corrected chi connectivity index (χ4v) is 3.10. The maximum Gasteiger partial charge on any atom is 0.240 e. The number of nitrogens with two attached hydrogens (primary N) is 1. The molecule has 0 spiro atoms. The van der Waals surface area contributed by atoms with Gasteiger partial charge in [0, 0.05) is 18.8 Å². The second kappa shape index (κ2) is 7.74. The van der Waals surface area contributed by atoms with Gasteiger partial charge in [-0.05, 0) is 24.3 Å². The zero-order chi connectivity index (χ0) is 15.9. The summed E-state index contributed by atoms with van der Waals surface area (Å²) >= 11 is 0. The van der Waals surface area contributed by atoms with Gasteiger partial charge in [-0.25, -0.2) is 21.6 Å². The molecule has 120 valence electrons. The Morgan fingerprint density at radius 1 is 1.14 bits per heavy atom. The van der Waals surface area contributed by atoms with Crippen molar-refractivity contribution in [3.05, 3.63) is 24.3 Å². The predicted octanol–water partition coefficient (Wildman–Crippen LogP) is -0.263. The highest BCUT2D eigenvalue weighted by atomic mass is 32.2. The molecule has 0 radical (unpaired) electrons. The minimum atomic E-state index is -3.57. The van der Waals surface area contributed by atoms with Crippen molar-refractivity contribution >= 4 is 19.9 Å². The van der Waals surface area contributed by atoms with Gasteiger partial charge in [0.05, 0.1) is 10.6 Å². The molecule has 0 aromatic heterocycles. The monoisotopic (exact) mass is 336 g/mol. The SMILES string of the molecule is CCS(=O)(=O)CCOc1ccc(S(=O)(=O)NCCN)cc1. The van der Waals surface area contributed by atoms with Crippen LogP contribution in [0.5, 0.6) is 5.75 Å². The summed E-state index contributed by atoms with van der Waals surface area (Å²) in [5, 5.41) is 0. The van der Waals surface area contributed by atoms with Crippen LogP contribution in [0.4, 0.5) is 0 Å². The highest BCUT2D eigenvalue weighted by Crippen LogP contribution is 2.15. The first kappa shape index (κ1) is 17.9. The second-order valence-corrected chi connectivity index (χ2v) is 8.48. The lowest BCUT2D eigenvalue weighted by Crippen LogP contribution is -2.29. The fourth-order valence-electron chi connectivity index (χ4n) is 1.42. The first-order chi connectivity index (χ1) is 9.80. The van der Waals surface area contributed by atoms with E-state index < -0.39 is 19.9 Å². The van der Waals surface area contributed by atoms with E-state index in [0.29, 0.717) is 5.75 Å². The maximum absolute atomic E-state index is 11.8. The normalized spacial score (nSPS) is 12.3. The van der Waals surface area contributed by atoms with Crippen molar-refractivity contribution in [1.82, 2.24) is 4.72 Å². The molecule has 0 heterocycles.